The van der Waals surface area contributed by atoms with Crippen molar-refractivity contribution >= 4 is 11.8 Å². The van der Waals surface area contributed by atoms with Crippen LogP contribution in [0.15, 0.2) is 12.2 Å². The Balaban J connectivity index is 1.88. The smallest absolute Gasteiger partial charge is 0.242 e. The number of carbonyl (C=O) groups excluding carboxylic acids is 2. The fourth-order valence-corrected chi connectivity index (χ4v) is 2.40. The molecule has 1 heterocycles. The van der Waals surface area contributed by atoms with Gasteiger partial charge in [-0.2, -0.15) is 0 Å². The van der Waals surface area contributed by atoms with Gasteiger partial charge in [-0.3, -0.25) is 9.59 Å². The second kappa shape index (κ2) is 5.84. The number of hydrogen-bond acceptors (Lipinski definition) is 2. The largest absolute Gasteiger partial charge is 0.354 e. The van der Waals surface area contributed by atoms with Crippen molar-refractivity contribution in [3.05, 3.63) is 12.2 Å². The minimum Gasteiger partial charge on any atom is -0.354 e. The van der Waals surface area contributed by atoms with Crippen molar-refractivity contribution in [1.82, 2.24) is 10.6 Å². The van der Waals surface area contributed by atoms with Crippen molar-refractivity contribution in [3.63, 3.8) is 0 Å². The lowest BCUT2D eigenvalue weighted by molar-refractivity contribution is -0.131. The van der Waals surface area contributed by atoms with Gasteiger partial charge in [-0.05, 0) is 38.5 Å². The highest BCUT2D eigenvalue weighted by Gasteiger charge is 2.26. The van der Waals surface area contributed by atoms with Crippen molar-refractivity contribution in [3.8, 4) is 0 Å². The molecular formula is C13H20N2O2. The van der Waals surface area contributed by atoms with Gasteiger partial charge >= 0.3 is 0 Å². The molecule has 0 aromatic heterocycles. The van der Waals surface area contributed by atoms with Crippen molar-refractivity contribution < 1.29 is 9.59 Å². The van der Waals surface area contributed by atoms with Crippen molar-refractivity contribution in [1.29, 1.82) is 0 Å². The SMILES string of the molecule is O=C(NC1CCCCNC1=O)C1CC=CCC1. The molecule has 1 aliphatic heterocycles. The quantitative estimate of drug-likeness (QED) is 0.706. The Morgan fingerprint density at radius 2 is 2.18 bits per heavy atom. The molecule has 0 aromatic carbocycles. The Kier molecular flexibility index (Phi) is 4.18. The van der Waals surface area contributed by atoms with E-state index in [9.17, 15) is 9.59 Å². The van der Waals surface area contributed by atoms with Crippen LogP contribution in [0.5, 0.6) is 0 Å². The fraction of sp³-hybridized carbons (Fsp3) is 0.692. The summed E-state index contributed by atoms with van der Waals surface area (Å²) in [6.07, 6.45) is 9.60. The summed E-state index contributed by atoms with van der Waals surface area (Å²) in [5.41, 5.74) is 0. The molecule has 0 radical (unpaired) electrons. The number of nitrogens with one attached hydrogen (secondary N) is 2. The Morgan fingerprint density at radius 3 is 2.94 bits per heavy atom. The second-order valence-corrected chi connectivity index (χ2v) is 4.83. The number of carbonyl (C=O) groups is 2. The summed E-state index contributed by atoms with van der Waals surface area (Å²) >= 11 is 0. The predicted molar refractivity (Wildman–Crippen MR) is 65.3 cm³/mol. The summed E-state index contributed by atoms with van der Waals surface area (Å²) in [4.78, 5) is 23.7. The first-order valence-electron chi connectivity index (χ1n) is 6.50. The molecule has 4 heteroatoms. The molecule has 1 fully saturated rings. The summed E-state index contributed by atoms with van der Waals surface area (Å²) in [6, 6.07) is -0.323. The highest BCUT2D eigenvalue weighted by Crippen LogP contribution is 2.18. The molecule has 0 saturated carbocycles. The summed E-state index contributed by atoms with van der Waals surface area (Å²) in [5, 5.41) is 5.73. The zero-order valence-electron chi connectivity index (χ0n) is 10.1. The van der Waals surface area contributed by atoms with E-state index in [1.54, 1.807) is 0 Å². The summed E-state index contributed by atoms with van der Waals surface area (Å²) in [5.74, 6) is 0.0645. The zero-order valence-corrected chi connectivity index (χ0v) is 10.1. The minimum absolute atomic E-state index is 0.0257. The van der Waals surface area contributed by atoms with Gasteiger partial charge in [0, 0.05) is 12.5 Å². The highest BCUT2D eigenvalue weighted by atomic mass is 16.2. The molecule has 4 nitrogen and oxygen atoms in total. The summed E-state index contributed by atoms with van der Waals surface area (Å²) in [6.45, 7) is 0.734. The highest BCUT2D eigenvalue weighted by molar-refractivity contribution is 5.88. The van der Waals surface area contributed by atoms with E-state index in [0.717, 1.165) is 45.1 Å². The van der Waals surface area contributed by atoms with Crippen molar-refractivity contribution in [2.75, 3.05) is 6.54 Å². The molecule has 1 aliphatic carbocycles. The number of rotatable bonds is 2. The molecule has 2 amide bonds. The van der Waals surface area contributed by atoms with Gasteiger partial charge in [0.25, 0.3) is 0 Å². The number of allylic oxidation sites excluding steroid dienone is 2. The number of hydrogen-bond donors (Lipinski definition) is 2. The summed E-state index contributed by atoms with van der Waals surface area (Å²) < 4.78 is 0. The fourth-order valence-electron chi connectivity index (χ4n) is 2.40. The third-order valence-electron chi connectivity index (χ3n) is 3.49. The lowest BCUT2D eigenvalue weighted by atomic mass is 9.93. The normalized spacial score (nSPS) is 29.3. The average molecular weight is 236 g/mol. The molecular weight excluding hydrogens is 216 g/mol. The average Bonchev–Trinajstić information content (AvgIpc) is 2.56. The first-order chi connectivity index (χ1) is 8.27. The van der Waals surface area contributed by atoms with Crippen LogP contribution < -0.4 is 10.6 Å². The maximum Gasteiger partial charge on any atom is 0.242 e. The molecule has 0 spiro atoms. The first-order valence-corrected chi connectivity index (χ1v) is 6.50. The van der Waals surface area contributed by atoms with Crippen LogP contribution in [0.1, 0.15) is 38.5 Å². The third-order valence-corrected chi connectivity index (χ3v) is 3.49. The molecule has 0 aromatic rings. The Hall–Kier alpha value is -1.32. The van der Waals surface area contributed by atoms with E-state index < -0.39 is 0 Å². The standard InChI is InChI=1S/C13H20N2O2/c16-12(10-6-2-1-3-7-10)15-11-8-4-5-9-14-13(11)17/h1-2,10-11H,3-9H2,(H,14,17)(H,15,16). The molecule has 2 rings (SSSR count). The Bertz CT molecular complexity index is 325. The molecule has 0 bridgehead atoms. The topological polar surface area (TPSA) is 58.2 Å². The van der Waals surface area contributed by atoms with Crippen molar-refractivity contribution in [2.24, 2.45) is 5.92 Å². The van der Waals surface area contributed by atoms with Crippen LogP contribution in [0.3, 0.4) is 0 Å². The molecule has 2 atom stereocenters. The van der Waals surface area contributed by atoms with Gasteiger partial charge in [0.1, 0.15) is 6.04 Å². The van der Waals surface area contributed by atoms with Gasteiger partial charge in [-0.1, -0.05) is 12.2 Å². The van der Waals surface area contributed by atoms with Gasteiger partial charge < -0.3 is 10.6 Å². The second-order valence-electron chi connectivity index (χ2n) is 4.83. The zero-order chi connectivity index (χ0) is 12.1. The lowest BCUT2D eigenvalue weighted by Gasteiger charge is -2.21. The Morgan fingerprint density at radius 1 is 1.29 bits per heavy atom. The van der Waals surface area contributed by atoms with E-state index in [-0.39, 0.29) is 23.8 Å². The van der Waals surface area contributed by atoms with Crippen LogP contribution in [-0.2, 0) is 9.59 Å². The van der Waals surface area contributed by atoms with E-state index in [1.165, 1.54) is 0 Å². The van der Waals surface area contributed by atoms with E-state index in [2.05, 4.69) is 22.8 Å². The van der Waals surface area contributed by atoms with Crippen LogP contribution in [0, 0.1) is 5.92 Å². The van der Waals surface area contributed by atoms with Gasteiger partial charge in [-0.15, -0.1) is 0 Å². The first kappa shape index (κ1) is 12.1. The van der Waals surface area contributed by atoms with E-state index in [0.29, 0.717) is 0 Å². The van der Waals surface area contributed by atoms with E-state index in [4.69, 9.17) is 0 Å². The monoisotopic (exact) mass is 236 g/mol. The molecule has 1 saturated heterocycles. The lowest BCUT2D eigenvalue weighted by Crippen LogP contribution is -2.47. The maximum atomic E-state index is 12.0. The summed E-state index contributed by atoms with van der Waals surface area (Å²) in [7, 11) is 0. The van der Waals surface area contributed by atoms with Crippen LogP contribution in [0.4, 0.5) is 0 Å². The number of amides is 2. The van der Waals surface area contributed by atoms with Gasteiger partial charge in [0.05, 0.1) is 0 Å². The van der Waals surface area contributed by atoms with Gasteiger partial charge in [-0.25, -0.2) is 0 Å². The van der Waals surface area contributed by atoms with Crippen LogP contribution in [0.2, 0.25) is 0 Å². The van der Waals surface area contributed by atoms with Crippen LogP contribution in [0.25, 0.3) is 0 Å². The van der Waals surface area contributed by atoms with Gasteiger partial charge in [0.15, 0.2) is 0 Å². The van der Waals surface area contributed by atoms with Crippen molar-refractivity contribution in [2.45, 2.75) is 44.6 Å². The van der Waals surface area contributed by atoms with Crippen LogP contribution >= 0.6 is 0 Å². The van der Waals surface area contributed by atoms with Crippen LogP contribution in [-0.4, -0.2) is 24.4 Å². The molecule has 94 valence electrons. The molecule has 17 heavy (non-hydrogen) atoms. The Labute approximate surface area is 102 Å². The van der Waals surface area contributed by atoms with E-state index in [1.807, 2.05) is 0 Å². The molecule has 2 unspecified atom stereocenters. The van der Waals surface area contributed by atoms with E-state index >= 15 is 0 Å². The maximum absolute atomic E-state index is 12.0. The molecule has 2 aliphatic rings. The minimum atomic E-state index is -0.323. The third kappa shape index (κ3) is 3.32. The van der Waals surface area contributed by atoms with Gasteiger partial charge in [0.2, 0.25) is 11.8 Å². The predicted octanol–water partition coefficient (Wildman–Crippen LogP) is 1.13. The molecule has 2 N–H and O–H groups in total.